The zero-order valence-corrected chi connectivity index (χ0v) is 17.4. The van der Waals surface area contributed by atoms with Crippen LogP contribution in [-0.2, 0) is 11.2 Å². The van der Waals surface area contributed by atoms with E-state index in [1.807, 2.05) is 44.2 Å². The third-order valence-electron chi connectivity index (χ3n) is 6.12. The number of amides is 1. The standard InChI is InChI=1S/C24H22N2O4/c1-13-5-7-19-17(11-13)22-21(25(19)15(3)27)9-10-24(30-22)23(29)18-12-14(2)6-8-20(18)26(24)16(4)28/h5-8,11-12H,9-10H2,1-4H3. The summed E-state index contributed by atoms with van der Waals surface area (Å²) in [6.45, 7) is 6.85. The molecule has 1 amide bonds. The van der Waals surface area contributed by atoms with Crippen molar-refractivity contribution in [2.45, 2.75) is 46.3 Å². The number of rotatable bonds is 0. The van der Waals surface area contributed by atoms with Gasteiger partial charge in [-0.15, -0.1) is 0 Å². The fourth-order valence-electron chi connectivity index (χ4n) is 4.91. The molecule has 1 spiro atoms. The van der Waals surface area contributed by atoms with Crippen LogP contribution >= 0.6 is 0 Å². The van der Waals surface area contributed by atoms with Crippen LogP contribution in [-0.4, -0.2) is 27.9 Å². The number of fused-ring (bicyclic) bond motifs is 4. The quantitative estimate of drug-likeness (QED) is 0.565. The van der Waals surface area contributed by atoms with Gasteiger partial charge in [0.1, 0.15) is 0 Å². The summed E-state index contributed by atoms with van der Waals surface area (Å²) in [7, 11) is 0. The summed E-state index contributed by atoms with van der Waals surface area (Å²) >= 11 is 0. The van der Waals surface area contributed by atoms with Gasteiger partial charge in [-0.3, -0.25) is 23.9 Å². The number of hydrogen-bond donors (Lipinski definition) is 0. The maximum Gasteiger partial charge on any atom is 0.253 e. The van der Waals surface area contributed by atoms with E-state index in [0.29, 0.717) is 23.4 Å². The van der Waals surface area contributed by atoms with Gasteiger partial charge in [0.05, 0.1) is 16.9 Å². The second kappa shape index (κ2) is 6.05. The number of carbonyl (C=O) groups excluding carboxylic acids is 3. The number of Topliss-reactive ketones (excluding diaryl/α,β-unsaturated/α-hetero) is 1. The average Bonchev–Trinajstić information content (AvgIpc) is 3.12. The van der Waals surface area contributed by atoms with E-state index < -0.39 is 5.72 Å². The van der Waals surface area contributed by atoms with Crippen molar-refractivity contribution in [3.05, 3.63) is 58.8 Å². The van der Waals surface area contributed by atoms with Crippen LogP contribution in [0.3, 0.4) is 0 Å². The molecular formula is C24H22N2O4. The van der Waals surface area contributed by atoms with Crippen molar-refractivity contribution in [3.8, 4) is 5.75 Å². The first-order chi connectivity index (χ1) is 14.2. The minimum atomic E-state index is -1.42. The minimum Gasteiger partial charge on any atom is -0.457 e. The largest absolute Gasteiger partial charge is 0.457 e. The maximum absolute atomic E-state index is 13.6. The zero-order chi connectivity index (χ0) is 21.4. The van der Waals surface area contributed by atoms with E-state index >= 15 is 0 Å². The van der Waals surface area contributed by atoms with Crippen LogP contribution < -0.4 is 9.64 Å². The summed E-state index contributed by atoms with van der Waals surface area (Å²) in [4.78, 5) is 40.2. The summed E-state index contributed by atoms with van der Waals surface area (Å²) in [5, 5.41) is 0.780. The van der Waals surface area contributed by atoms with E-state index in [1.165, 1.54) is 18.7 Å². The molecule has 2 aromatic carbocycles. The molecule has 0 aliphatic carbocycles. The van der Waals surface area contributed by atoms with Crippen molar-refractivity contribution >= 4 is 34.2 Å². The Kier molecular flexibility index (Phi) is 3.75. The lowest BCUT2D eigenvalue weighted by Crippen LogP contribution is -2.58. The lowest BCUT2D eigenvalue weighted by Gasteiger charge is -2.39. The van der Waals surface area contributed by atoms with Gasteiger partial charge in [0.25, 0.3) is 5.72 Å². The molecule has 0 fully saturated rings. The third kappa shape index (κ3) is 2.27. The molecule has 2 aliphatic rings. The van der Waals surface area contributed by atoms with Crippen molar-refractivity contribution in [3.63, 3.8) is 0 Å². The van der Waals surface area contributed by atoms with E-state index in [-0.39, 0.29) is 24.0 Å². The Labute approximate surface area is 174 Å². The molecule has 3 aromatic rings. The summed E-state index contributed by atoms with van der Waals surface area (Å²) < 4.78 is 8.13. The number of aryl methyl sites for hydroxylation is 2. The van der Waals surface area contributed by atoms with Crippen LogP contribution in [0.25, 0.3) is 10.9 Å². The normalized spacial score (nSPS) is 19.7. The minimum absolute atomic E-state index is 0.107. The SMILES string of the molecule is CC(=O)N1c2ccc(C)cc2C(=O)C12CCc1c(c3cc(C)ccc3n1C(C)=O)O2. The van der Waals surface area contributed by atoms with Gasteiger partial charge in [0.2, 0.25) is 17.6 Å². The maximum atomic E-state index is 13.6. The molecule has 0 bridgehead atoms. The predicted molar refractivity (Wildman–Crippen MR) is 113 cm³/mol. The molecule has 1 aromatic heterocycles. The van der Waals surface area contributed by atoms with Gasteiger partial charge in [0.15, 0.2) is 5.75 Å². The molecule has 0 saturated carbocycles. The van der Waals surface area contributed by atoms with Crippen LogP contribution in [0.1, 0.15) is 52.2 Å². The van der Waals surface area contributed by atoms with Gasteiger partial charge < -0.3 is 4.74 Å². The summed E-state index contributed by atoms with van der Waals surface area (Å²) in [5.41, 5.74) is 3.13. The number of nitrogens with zero attached hydrogens (tertiary/aromatic N) is 2. The zero-order valence-electron chi connectivity index (χ0n) is 17.4. The highest BCUT2D eigenvalue weighted by Crippen LogP contribution is 2.49. The van der Waals surface area contributed by atoms with E-state index in [0.717, 1.165) is 27.7 Å². The fourth-order valence-corrected chi connectivity index (χ4v) is 4.91. The van der Waals surface area contributed by atoms with Crippen molar-refractivity contribution in [1.82, 2.24) is 4.57 Å². The number of benzene rings is 2. The second-order valence-electron chi connectivity index (χ2n) is 8.24. The van der Waals surface area contributed by atoms with Gasteiger partial charge in [-0.1, -0.05) is 23.3 Å². The van der Waals surface area contributed by atoms with Crippen LogP contribution in [0.5, 0.6) is 5.75 Å². The molecule has 2 aliphatic heterocycles. The van der Waals surface area contributed by atoms with Crippen LogP contribution in [0.15, 0.2) is 36.4 Å². The fraction of sp³-hybridized carbons (Fsp3) is 0.292. The number of carbonyl (C=O) groups is 3. The average molecular weight is 402 g/mol. The molecule has 1 atom stereocenters. The van der Waals surface area contributed by atoms with Crippen LogP contribution in [0.4, 0.5) is 5.69 Å². The predicted octanol–water partition coefficient (Wildman–Crippen LogP) is 4.19. The first-order valence-corrected chi connectivity index (χ1v) is 10.0. The smallest absolute Gasteiger partial charge is 0.253 e. The number of ketones is 1. The molecule has 30 heavy (non-hydrogen) atoms. The van der Waals surface area contributed by atoms with Gasteiger partial charge in [-0.2, -0.15) is 0 Å². The first kappa shape index (κ1) is 18.6. The van der Waals surface area contributed by atoms with E-state index in [2.05, 4.69) is 0 Å². The van der Waals surface area contributed by atoms with Crippen LogP contribution in [0, 0.1) is 13.8 Å². The molecule has 6 nitrogen and oxygen atoms in total. The number of ether oxygens (including phenoxy) is 1. The number of aromatic nitrogens is 1. The van der Waals surface area contributed by atoms with E-state index in [9.17, 15) is 14.4 Å². The molecular weight excluding hydrogens is 380 g/mol. The Hall–Kier alpha value is -3.41. The molecule has 3 heterocycles. The lowest BCUT2D eigenvalue weighted by atomic mass is 9.95. The lowest BCUT2D eigenvalue weighted by molar-refractivity contribution is -0.119. The Morgan fingerprint density at radius 2 is 1.70 bits per heavy atom. The van der Waals surface area contributed by atoms with E-state index in [1.54, 1.807) is 10.6 Å². The highest BCUT2D eigenvalue weighted by Gasteiger charge is 2.57. The summed E-state index contributed by atoms with van der Waals surface area (Å²) in [6, 6.07) is 11.3. The third-order valence-corrected chi connectivity index (χ3v) is 6.12. The van der Waals surface area contributed by atoms with Crippen LogP contribution in [0.2, 0.25) is 0 Å². The Morgan fingerprint density at radius 3 is 2.40 bits per heavy atom. The Bertz CT molecular complexity index is 1290. The monoisotopic (exact) mass is 402 g/mol. The summed E-state index contributed by atoms with van der Waals surface area (Å²) in [6.07, 6.45) is 0.736. The van der Waals surface area contributed by atoms with E-state index in [4.69, 9.17) is 4.74 Å². The Morgan fingerprint density at radius 1 is 1.00 bits per heavy atom. The molecule has 0 saturated heterocycles. The van der Waals surface area contributed by atoms with Crippen molar-refractivity contribution in [2.24, 2.45) is 0 Å². The molecule has 152 valence electrons. The van der Waals surface area contributed by atoms with Gasteiger partial charge in [0, 0.05) is 31.2 Å². The second-order valence-corrected chi connectivity index (χ2v) is 8.24. The van der Waals surface area contributed by atoms with Crippen molar-refractivity contribution < 1.29 is 19.1 Å². The molecule has 5 rings (SSSR count). The Balaban J connectivity index is 1.75. The molecule has 0 N–H and O–H groups in total. The van der Waals surface area contributed by atoms with Gasteiger partial charge in [-0.25, -0.2) is 0 Å². The molecule has 6 heteroatoms. The number of anilines is 1. The van der Waals surface area contributed by atoms with Crippen molar-refractivity contribution in [2.75, 3.05) is 4.90 Å². The first-order valence-electron chi connectivity index (χ1n) is 10.0. The van der Waals surface area contributed by atoms with Crippen molar-refractivity contribution in [1.29, 1.82) is 0 Å². The highest BCUT2D eigenvalue weighted by molar-refractivity contribution is 6.20. The molecule has 0 radical (unpaired) electrons. The van der Waals surface area contributed by atoms with Gasteiger partial charge in [-0.05, 0) is 44.5 Å². The summed E-state index contributed by atoms with van der Waals surface area (Å²) in [5.74, 6) is -0.0525. The number of hydrogen-bond acceptors (Lipinski definition) is 4. The topological polar surface area (TPSA) is 68.6 Å². The highest BCUT2D eigenvalue weighted by atomic mass is 16.5. The van der Waals surface area contributed by atoms with Gasteiger partial charge >= 0.3 is 0 Å². The molecule has 1 unspecified atom stereocenters.